The fourth-order valence-corrected chi connectivity index (χ4v) is 7.68. The van der Waals surface area contributed by atoms with E-state index in [0.29, 0.717) is 24.6 Å². The number of amides is 1. The van der Waals surface area contributed by atoms with Gasteiger partial charge in [-0.1, -0.05) is 11.6 Å². The third-order valence-electron chi connectivity index (χ3n) is 7.63. The highest BCUT2D eigenvalue weighted by Crippen LogP contribution is 2.44. The van der Waals surface area contributed by atoms with Gasteiger partial charge in [-0.25, -0.2) is 18.2 Å². The SMILES string of the molecule is O=C(OCC(=O)N1N=C2C(=Cc3ccco3)CCCC2C1c1ccco1)c1ccc(Cl)c(S(=O)(=O)N2CCCC2)c1. The molecule has 1 saturated heterocycles. The molecule has 12 heteroatoms. The number of nitrogens with zero attached hydrogens (tertiary/aromatic N) is 3. The second-order valence-electron chi connectivity index (χ2n) is 10.2. The topological polar surface area (TPSA) is 123 Å². The van der Waals surface area contributed by atoms with E-state index in [1.807, 2.05) is 18.2 Å². The number of carbonyl (C=O) groups excluding carboxylic acids is 2. The monoisotopic (exact) mass is 597 g/mol. The molecule has 2 unspecified atom stereocenters. The number of rotatable bonds is 7. The van der Waals surface area contributed by atoms with Crippen molar-refractivity contribution in [3.8, 4) is 0 Å². The van der Waals surface area contributed by atoms with Gasteiger partial charge in [-0.2, -0.15) is 9.41 Å². The van der Waals surface area contributed by atoms with Crippen LogP contribution in [0.4, 0.5) is 0 Å². The zero-order valence-corrected chi connectivity index (χ0v) is 23.6. The summed E-state index contributed by atoms with van der Waals surface area (Å²) in [5, 5.41) is 6.04. The smallest absolute Gasteiger partial charge is 0.338 e. The number of hydrogen-bond donors (Lipinski definition) is 0. The Morgan fingerprint density at radius 1 is 1.07 bits per heavy atom. The first kappa shape index (κ1) is 27.5. The maximum absolute atomic E-state index is 13.4. The van der Waals surface area contributed by atoms with E-state index < -0.39 is 34.5 Å². The number of sulfonamides is 1. The summed E-state index contributed by atoms with van der Waals surface area (Å²) in [6.07, 6.45) is 9.12. The summed E-state index contributed by atoms with van der Waals surface area (Å²) in [4.78, 5) is 26.2. The van der Waals surface area contributed by atoms with Gasteiger partial charge in [0.25, 0.3) is 5.91 Å². The average Bonchev–Trinajstić information content (AvgIpc) is 3.79. The van der Waals surface area contributed by atoms with Crippen LogP contribution < -0.4 is 0 Å². The highest BCUT2D eigenvalue weighted by molar-refractivity contribution is 7.89. The zero-order chi connectivity index (χ0) is 28.6. The minimum Gasteiger partial charge on any atom is -0.467 e. The molecule has 0 bridgehead atoms. The average molecular weight is 598 g/mol. The van der Waals surface area contributed by atoms with E-state index in [4.69, 9.17) is 30.3 Å². The van der Waals surface area contributed by atoms with Crippen LogP contribution in [-0.2, 0) is 19.6 Å². The molecular weight excluding hydrogens is 570 g/mol. The van der Waals surface area contributed by atoms with E-state index >= 15 is 0 Å². The first-order valence-corrected chi connectivity index (χ1v) is 15.3. The molecular formula is C29H28ClN3O7S. The molecule has 0 spiro atoms. The summed E-state index contributed by atoms with van der Waals surface area (Å²) in [7, 11) is -3.86. The molecule has 0 N–H and O–H groups in total. The molecule has 214 valence electrons. The van der Waals surface area contributed by atoms with Crippen LogP contribution in [-0.4, -0.2) is 55.0 Å². The van der Waals surface area contributed by atoms with Crippen LogP contribution in [0.5, 0.6) is 0 Å². The number of esters is 1. The molecule has 2 aliphatic heterocycles. The second-order valence-corrected chi connectivity index (χ2v) is 12.5. The number of furan rings is 2. The highest BCUT2D eigenvalue weighted by Gasteiger charge is 2.45. The number of halogens is 1. The van der Waals surface area contributed by atoms with E-state index in [2.05, 4.69) is 0 Å². The van der Waals surface area contributed by atoms with Crippen molar-refractivity contribution in [3.63, 3.8) is 0 Å². The molecule has 6 rings (SSSR count). The predicted molar refractivity (Wildman–Crippen MR) is 149 cm³/mol. The first-order chi connectivity index (χ1) is 19.8. The minimum atomic E-state index is -3.86. The van der Waals surface area contributed by atoms with Crippen molar-refractivity contribution in [2.75, 3.05) is 19.7 Å². The van der Waals surface area contributed by atoms with Gasteiger partial charge in [-0.05, 0) is 86.2 Å². The van der Waals surface area contributed by atoms with Crippen molar-refractivity contribution >= 4 is 45.3 Å². The summed E-state index contributed by atoms with van der Waals surface area (Å²) in [6, 6.07) is 10.7. The molecule has 2 aromatic heterocycles. The van der Waals surface area contributed by atoms with Gasteiger partial charge < -0.3 is 13.6 Å². The lowest BCUT2D eigenvalue weighted by Crippen LogP contribution is -2.34. The Kier molecular flexibility index (Phi) is 7.58. The quantitative estimate of drug-likeness (QED) is 0.339. The van der Waals surface area contributed by atoms with Gasteiger partial charge in [0.1, 0.15) is 22.5 Å². The molecule has 10 nitrogen and oxygen atoms in total. The van der Waals surface area contributed by atoms with Crippen molar-refractivity contribution < 1.29 is 31.6 Å². The van der Waals surface area contributed by atoms with E-state index in [0.717, 1.165) is 43.4 Å². The fourth-order valence-electron chi connectivity index (χ4n) is 5.66. The van der Waals surface area contributed by atoms with Gasteiger partial charge in [0.05, 0.1) is 28.8 Å². The van der Waals surface area contributed by atoms with Crippen molar-refractivity contribution in [1.82, 2.24) is 9.31 Å². The lowest BCUT2D eigenvalue weighted by atomic mass is 9.79. The van der Waals surface area contributed by atoms with E-state index in [1.54, 1.807) is 24.7 Å². The molecule has 1 aromatic carbocycles. The number of carbonyl (C=O) groups is 2. The standard InChI is InChI=1S/C29H28ClN3O7S/c30-23-11-10-20(17-25(23)41(36,37)32-12-1-2-13-32)29(35)40-18-26(34)33-28(24-9-5-15-39-24)22-8-3-6-19(27(22)31-33)16-21-7-4-14-38-21/h4-5,7,9-11,14-17,22,28H,1-3,6,8,12-13,18H2. The third-order valence-corrected chi connectivity index (χ3v) is 10.0. The van der Waals surface area contributed by atoms with Crippen molar-refractivity contribution in [3.05, 3.63) is 82.7 Å². The Balaban J connectivity index is 1.22. The summed E-state index contributed by atoms with van der Waals surface area (Å²) < 4.78 is 44.0. The predicted octanol–water partition coefficient (Wildman–Crippen LogP) is 5.29. The Labute approximate surface area is 242 Å². The molecule has 2 fully saturated rings. The molecule has 3 aromatic rings. The lowest BCUT2D eigenvalue weighted by Gasteiger charge is -2.27. The molecule has 1 saturated carbocycles. The highest BCUT2D eigenvalue weighted by atomic mass is 35.5. The molecule has 1 amide bonds. The molecule has 2 atom stereocenters. The molecule has 0 radical (unpaired) electrons. The first-order valence-electron chi connectivity index (χ1n) is 13.5. The number of ether oxygens (including phenoxy) is 1. The Morgan fingerprint density at radius 3 is 2.59 bits per heavy atom. The van der Waals surface area contributed by atoms with E-state index in [-0.39, 0.29) is 21.4 Å². The molecule has 3 aliphatic rings. The third kappa shape index (κ3) is 5.37. The van der Waals surface area contributed by atoms with Crippen LogP contribution in [0.2, 0.25) is 5.02 Å². The Morgan fingerprint density at radius 2 is 1.85 bits per heavy atom. The van der Waals surface area contributed by atoms with Crippen LogP contribution in [0.15, 0.2) is 79.4 Å². The van der Waals surface area contributed by atoms with Crippen molar-refractivity contribution in [2.45, 2.75) is 43.0 Å². The number of allylic oxidation sites excluding steroid dienone is 1. The van der Waals surface area contributed by atoms with Crippen LogP contribution in [0.1, 0.15) is 60.0 Å². The minimum absolute atomic E-state index is 0.0136. The van der Waals surface area contributed by atoms with Crippen molar-refractivity contribution in [1.29, 1.82) is 0 Å². The molecule has 4 heterocycles. The molecule has 1 aliphatic carbocycles. The van der Waals surface area contributed by atoms with E-state index in [1.165, 1.54) is 27.5 Å². The van der Waals surface area contributed by atoms with Gasteiger partial charge in [0, 0.05) is 19.0 Å². The number of fused-ring (bicyclic) bond motifs is 1. The Bertz CT molecular complexity index is 1610. The lowest BCUT2D eigenvalue weighted by molar-refractivity contribution is -0.137. The van der Waals surface area contributed by atoms with Crippen LogP contribution in [0.25, 0.3) is 6.08 Å². The van der Waals surface area contributed by atoms with E-state index in [9.17, 15) is 18.0 Å². The summed E-state index contributed by atoms with van der Waals surface area (Å²) in [5.41, 5.74) is 1.74. The van der Waals surface area contributed by atoms with Crippen LogP contribution in [0, 0.1) is 5.92 Å². The largest absolute Gasteiger partial charge is 0.467 e. The van der Waals surface area contributed by atoms with Crippen LogP contribution >= 0.6 is 11.6 Å². The normalized spacial score (nSPS) is 22.1. The fraction of sp³-hybridized carbons (Fsp3) is 0.345. The zero-order valence-electron chi connectivity index (χ0n) is 22.1. The number of hydrazone groups is 1. The molecule has 41 heavy (non-hydrogen) atoms. The maximum atomic E-state index is 13.4. The summed E-state index contributed by atoms with van der Waals surface area (Å²) in [6.45, 7) is 0.209. The number of hydrogen-bond acceptors (Lipinski definition) is 8. The Hall–Kier alpha value is -3.67. The van der Waals surface area contributed by atoms with Gasteiger partial charge in [-0.15, -0.1) is 0 Å². The summed E-state index contributed by atoms with van der Waals surface area (Å²) >= 11 is 6.21. The second kappa shape index (κ2) is 11.3. The van der Waals surface area contributed by atoms with Gasteiger partial charge in [-0.3, -0.25) is 4.79 Å². The van der Waals surface area contributed by atoms with Gasteiger partial charge >= 0.3 is 5.97 Å². The van der Waals surface area contributed by atoms with Gasteiger partial charge in [0.2, 0.25) is 10.0 Å². The number of benzene rings is 1. The van der Waals surface area contributed by atoms with Crippen LogP contribution in [0.3, 0.4) is 0 Å². The maximum Gasteiger partial charge on any atom is 0.338 e. The van der Waals surface area contributed by atoms with Gasteiger partial charge in [0.15, 0.2) is 6.61 Å². The van der Waals surface area contributed by atoms with Crippen molar-refractivity contribution in [2.24, 2.45) is 11.0 Å². The summed E-state index contributed by atoms with van der Waals surface area (Å²) in [5.74, 6) is -0.179.